The van der Waals surface area contributed by atoms with Gasteiger partial charge in [0.25, 0.3) is 5.91 Å². The van der Waals surface area contributed by atoms with Gasteiger partial charge in [-0.3, -0.25) is 4.79 Å². The minimum absolute atomic E-state index is 0.0239. The van der Waals surface area contributed by atoms with Gasteiger partial charge in [0, 0.05) is 4.88 Å². The summed E-state index contributed by atoms with van der Waals surface area (Å²) in [5.74, 6) is -1.40. The number of halogens is 2. The van der Waals surface area contributed by atoms with Crippen molar-refractivity contribution < 1.29 is 18.7 Å². The van der Waals surface area contributed by atoms with Crippen LogP contribution in [0.5, 0.6) is 0 Å². The van der Waals surface area contributed by atoms with Crippen LogP contribution in [0.2, 0.25) is 5.02 Å². The Hall–Kier alpha value is -2.43. The molecule has 1 aromatic carbocycles. The predicted molar refractivity (Wildman–Crippen MR) is 101 cm³/mol. The number of thiophene rings is 1. The Morgan fingerprint density at radius 2 is 2.26 bits per heavy atom. The van der Waals surface area contributed by atoms with Crippen LogP contribution >= 0.6 is 22.9 Å². The van der Waals surface area contributed by atoms with Crippen molar-refractivity contribution >= 4 is 39.8 Å². The lowest BCUT2D eigenvalue weighted by Gasteiger charge is -2.17. The number of fused-ring (bicyclic) bond motifs is 1. The fourth-order valence-corrected chi connectivity index (χ4v) is 4.61. The lowest BCUT2D eigenvalue weighted by Crippen LogP contribution is -2.21. The Morgan fingerprint density at radius 1 is 1.48 bits per heavy atom. The van der Waals surface area contributed by atoms with Gasteiger partial charge in [0.15, 0.2) is 6.61 Å². The minimum Gasteiger partial charge on any atom is -0.452 e. The van der Waals surface area contributed by atoms with Crippen LogP contribution in [0, 0.1) is 23.1 Å². The van der Waals surface area contributed by atoms with Crippen LogP contribution in [0.3, 0.4) is 0 Å². The van der Waals surface area contributed by atoms with E-state index in [-0.39, 0.29) is 10.6 Å². The maximum absolute atomic E-state index is 13.0. The van der Waals surface area contributed by atoms with Gasteiger partial charge in [-0.25, -0.2) is 9.18 Å². The molecule has 0 bridgehead atoms. The van der Waals surface area contributed by atoms with Crippen molar-refractivity contribution in [2.24, 2.45) is 5.92 Å². The Balaban J connectivity index is 1.65. The summed E-state index contributed by atoms with van der Waals surface area (Å²) in [7, 11) is 0. The first kappa shape index (κ1) is 19.3. The summed E-state index contributed by atoms with van der Waals surface area (Å²) < 4.78 is 18.0. The topological polar surface area (TPSA) is 79.2 Å². The standard InChI is InChI=1S/C19H16ClFN2O3S/c1-10-2-4-12-14(8-22)18(27-16(12)6-10)23-17(24)9-26-19(25)13-5-3-11(21)7-15(13)20/h3,5,7,10H,2,4,6,9H2,1H3,(H,23,24)/t10-/m0/s1. The van der Waals surface area contributed by atoms with Gasteiger partial charge in [0.2, 0.25) is 0 Å². The molecule has 1 N–H and O–H groups in total. The van der Waals surface area contributed by atoms with Gasteiger partial charge in [-0.1, -0.05) is 18.5 Å². The van der Waals surface area contributed by atoms with Crippen LogP contribution in [-0.2, 0) is 22.4 Å². The Kier molecular flexibility index (Phi) is 5.78. The highest BCUT2D eigenvalue weighted by Gasteiger charge is 2.25. The zero-order chi connectivity index (χ0) is 19.6. The van der Waals surface area contributed by atoms with E-state index in [0.717, 1.165) is 41.8 Å². The number of benzene rings is 1. The summed E-state index contributed by atoms with van der Waals surface area (Å²) in [4.78, 5) is 25.3. The van der Waals surface area contributed by atoms with Crippen LogP contribution in [0.1, 0.15) is 39.7 Å². The number of nitrogens with zero attached hydrogens (tertiary/aromatic N) is 1. The number of hydrogen-bond acceptors (Lipinski definition) is 5. The van der Waals surface area contributed by atoms with E-state index in [0.29, 0.717) is 16.5 Å². The molecule has 0 saturated carbocycles. The molecule has 140 valence electrons. The van der Waals surface area contributed by atoms with E-state index in [1.54, 1.807) is 0 Å². The number of ether oxygens (including phenoxy) is 1. The third-order valence-electron chi connectivity index (χ3n) is 4.36. The molecule has 5 nitrogen and oxygen atoms in total. The van der Waals surface area contributed by atoms with E-state index in [4.69, 9.17) is 16.3 Å². The largest absolute Gasteiger partial charge is 0.452 e. The minimum atomic E-state index is -0.824. The number of rotatable bonds is 4. The maximum atomic E-state index is 13.0. The third kappa shape index (κ3) is 4.29. The van der Waals surface area contributed by atoms with Crippen molar-refractivity contribution in [1.29, 1.82) is 5.26 Å². The molecule has 1 aromatic heterocycles. The zero-order valence-electron chi connectivity index (χ0n) is 14.5. The van der Waals surface area contributed by atoms with E-state index < -0.39 is 24.3 Å². The van der Waals surface area contributed by atoms with Gasteiger partial charge in [-0.2, -0.15) is 5.26 Å². The molecule has 1 heterocycles. The van der Waals surface area contributed by atoms with Gasteiger partial charge in [0.05, 0.1) is 16.1 Å². The van der Waals surface area contributed by atoms with Crippen molar-refractivity contribution in [3.63, 3.8) is 0 Å². The molecule has 0 spiro atoms. The van der Waals surface area contributed by atoms with Crippen LogP contribution in [-0.4, -0.2) is 18.5 Å². The molecule has 1 amide bonds. The van der Waals surface area contributed by atoms with Crippen molar-refractivity contribution in [3.8, 4) is 6.07 Å². The second-order valence-electron chi connectivity index (χ2n) is 6.42. The zero-order valence-corrected chi connectivity index (χ0v) is 16.0. The monoisotopic (exact) mass is 406 g/mol. The Morgan fingerprint density at radius 3 is 2.96 bits per heavy atom. The molecule has 3 rings (SSSR count). The number of hydrogen-bond donors (Lipinski definition) is 1. The molecule has 1 aliphatic carbocycles. The second-order valence-corrected chi connectivity index (χ2v) is 7.93. The average Bonchev–Trinajstić information content (AvgIpc) is 2.95. The molecule has 0 aliphatic heterocycles. The first-order valence-corrected chi connectivity index (χ1v) is 9.55. The fourth-order valence-electron chi connectivity index (χ4n) is 2.98. The summed E-state index contributed by atoms with van der Waals surface area (Å²) in [6.07, 6.45) is 2.73. The fraction of sp³-hybridized carbons (Fsp3) is 0.316. The van der Waals surface area contributed by atoms with Gasteiger partial charge < -0.3 is 10.1 Å². The number of carbonyl (C=O) groups is 2. The number of anilines is 1. The highest BCUT2D eigenvalue weighted by Crippen LogP contribution is 2.39. The van der Waals surface area contributed by atoms with Gasteiger partial charge in [-0.05, 0) is 48.9 Å². The van der Waals surface area contributed by atoms with Gasteiger partial charge in [0.1, 0.15) is 16.9 Å². The van der Waals surface area contributed by atoms with Gasteiger partial charge >= 0.3 is 5.97 Å². The van der Waals surface area contributed by atoms with Crippen LogP contribution in [0.25, 0.3) is 0 Å². The number of amides is 1. The smallest absolute Gasteiger partial charge is 0.340 e. The number of carbonyl (C=O) groups excluding carboxylic acids is 2. The lowest BCUT2D eigenvalue weighted by molar-refractivity contribution is -0.119. The van der Waals surface area contributed by atoms with Crippen LogP contribution < -0.4 is 5.32 Å². The maximum Gasteiger partial charge on any atom is 0.340 e. The average molecular weight is 407 g/mol. The second kappa shape index (κ2) is 8.07. The number of esters is 1. The highest BCUT2D eigenvalue weighted by molar-refractivity contribution is 7.16. The molecular formula is C19H16ClFN2O3S. The van der Waals surface area contributed by atoms with E-state index in [2.05, 4.69) is 18.3 Å². The molecule has 0 saturated heterocycles. The van der Waals surface area contributed by atoms with Gasteiger partial charge in [-0.15, -0.1) is 11.3 Å². The molecule has 0 radical (unpaired) electrons. The Bertz CT molecular complexity index is 951. The summed E-state index contributed by atoms with van der Waals surface area (Å²) in [5, 5.41) is 12.5. The molecule has 1 aliphatic rings. The van der Waals surface area contributed by atoms with Crippen LogP contribution in [0.4, 0.5) is 9.39 Å². The van der Waals surface area contributed by atoms with E-state index in [9.17, 15) is 19.2 Å². The normalized spacial score (nSPS) is 15.6. The summed E-state index contributed by atoms with van der Waals surface area (Å²) >= 11 is 7.20. The summed E-state index contributed by atoms with van der Waals surface area (Å²) in [5.41, 5.74) is 1.47. The van der Waals surface area contributed by atoms with E-state index >= 15 is 0 Å². The molecule has 0 unspecified atom stereocenters. The van der Waals surface area contributed by atoms with Crippen molar-refractivity contribution in [2.75, 3.05) is 11.9 Å². The third-order valence-corrected chi connectivity index (χ3v) is 5.84. The quantitative estimate of drug-likeness (QED) is 0.766. The van der Waals surface area contributed by atoms with E-state index in [1.807, 2.05) is 0 Å². The first-order chi connectivity index (χ1) is 12.9. The van der Waals surface area contributed by atoms with Crippen molar-refractivity contribution in [3.05, 3.63) is 50.6 Å². The van der Waals surface area contributed by atoms with Crippen LogP contribution in [0.15, 0.2) is 18.2 Å². The van der Waals surface area contributed by atoms with Crippen molar-refractivity contribution in [2.45, 2.75) is 26.2 Å². The SMILES string of the molecule is C[C@H]1CCc2c(sc(NC(=O)COC(=O)c3ccc(F)cc3Cl)c2C#N)C1. The van der Waals surface area contributed by atoms with E-state index in [1.165, 1.54) is 17.4 Å². The number of nitrogens with one attached hydrogen (secondary N) is 1. The highest BCUT2D eigenvalue weighted by atomic mass is 35.5. The lowest BCUT2D eigenvalue weighted by atomic mass is 9.89. The summed E-state index contributed by atoms with van der Waals surface area (Å²) in [6.45, 7) is 1.63. The number of nitriles is 1. The predicted octanol–water partition coefficient (Wildman–Crippen LogP) is 4.33. The molecule has 1 atom stereocenters. The molecule has 27 heavy (non-hydrogen) atoms. The Labute approximate surface area is 164 Å². The summed E-state index contributed by atoms with van der Waals surface area (Å²) in [6, 6.07) is 5.43. The molecular weight excluding hydrogens is 391 g/mol. The molecule has 8 heteroatoms. The molecule has 2 aromatic rings. The first-order valence-electron chi connectivity index (χ1n) is 8.35. The molecule has 0 fully saturated rings. The van der Waals surface area contributed by atoms with Crippen molar-refractivity contribution in [1.82, 2.24) is 0 Å².